The number of benzene rings is 2. The van der Waals surface area contributed by atoms with Gasteiger partial charge in [-0.1, -0.05) is 0 Å². The number of ether oxygens (including phenoxy) is 2. The van der Waals surface area contributed by atoms with Gasteiger partial charge in [-0.3, -0.25) is 0 Å². The van der Waals surface area contributed by atoms with Crippen molar-refractivity contribution in [2.75, 3.05) is 26.2 Å². The Balaban J connectivity index is 2.40. The largest absolute Gasteiger partial charge is 0.497 e. The first kappa shape index (κ1) is 13.8. The molecule has 0 fully saturated rings. The van der Waals surface area contributed by atoms with Crippen LogP contribution in [0.2, 0.25) is 0 Å². The summed E-state index contributed by atoms with van der Waals surface area (Å²) in [6.07, 6.45) is 0. The number of hydrogen-bond acceptors (Lipinski definition) is 4. The van der Waals surface area contributed by atoms with E-state index in [4.69, 9.17) is 9.47 Å². The van der Waals surface area contributed by atoms with E-state index < -0.39 is 0 Å². The summed E-state index contributed by atoms with van der Waals surface area (Å²) in [5.74, 6) is 1.52. The van der Waals surface area contributed by atoms with Crippen LogP contribution < -0.4 is 14.4 Å². The Hall–Kier alpha value is -2.67. The van der Waals surface area contributed by atoms with Gasteiger partial charge in [-0.15, -0.1) is 0 Å². The van der Waals surface area contributed by atoms with E-state index in [1.807, 2.05) is 42.3 Å². The molecule has 0 radical (unpaired) electrons. The molecule has 2 aromatic carbocycles. The van der Waals surface area contributed by atoms with Gasteiger partial charge >= 0.3 is 0 Å². The van der Waals surface area contributed by atoms with E-state index in [1.54, 1.807) is 26.4 Å². The lowest BCUT2D eigenvalue weighted by Gasteiger charge is -2.21. The summed E-state index contributed by atoms with van der Waals surface area (Å²) in [5.41, 5.74) is 2.37. The summed E-state index contributed by atoms with van der Waals surface area (Å²) in [6.45, 7) is 0. The first-order valence-electron chi connectivity index (χ1n) is 6.15. The van der Waals surface area contributed by atoms with Crippen LogP contribution in [0, 0.1) is 11.3 Å². The molecule has 0 N–H and O–H groups in total. The van der Waals surface area contributed by atoms with Gasteiger partial charge in [-0.25, -0.2) is 0 Å². The second-order valence-electron chi connectivity index (χ2n) is 4.25. The molecule has 102 valence electrons. The monoisotopic (exact) mass is 268 g/mol. The number of nitriles is 1. The lowest BCUT2D eigenvalue weighted by molar-refractivity contribution is 0.414. The van der Waals surface area contributed by atoms with Crippen LogP contribution in [0.15, 0.2) is 42.5 Å². The second-order valence-corrected chi connectivity index (χ2v) is 4.25. The van der Waals surface area contributed by atoms with Crippen molar-refractivity contribution in [3.8, 4) is 17.6 Å². The number of rotatable bonds is 4. The smallest absolute Gasteiger partial charge is 0.121 e. The van der Waals surface area contributed by atoms with E-state index >= 15 is 0 Å². The lowest BCUT2D eigenvalue weighted by atomic mass is 10.1. The van der Waals surface area contributed by atoms with Gasteiger partial charge in [0.25, 0.3) is 0 Å². The molecule has 0 amide bonds. The van der Waals surface area contributed by atoms with Gasteiger partial charge in [0.15, 0.2) is 0 Å². The van der Waals surface area contributed by atoms with Crippen LogP contribution in [-0.2, 0) is 0 Å². The third-order valence-electron chi connectivity index (χ3n) is 3.15. The molecule has 0 aliphatic rings. The highest BCUT2D eigenvalue weighted by Crippen LogP contribution is 2.31. The third-order valence-corrected chi connectivity index (χ3v) is 3.15. The average Bonchev–Trinajstić information content (AvgIpc) is 2.53. The summed E-state index contributed by atoms with van der Waals surface area (Å²) in [7, 11) is 5.16. The van der Waals surface area contributed by atoms with Crippen molar-refractivity contribution in [3.63, 3.8) is 0 Å². The summed E-state index contributed by atoms with van der Waals surface area (Å²) in [5, 5.41) is 9.22. The molecule has 0 heterocycles. The van der Waals surface area contributed by atoms with Crippen LogP contribution in [0.4, 0.5) is 11.4 Å². The highest BCUT2D eigenvalue weighted by molar-refractivity contribution is 5.70. The fraction of sp³-hybridized carbons (Fsp3) is 0.188. The van der Waals surface area contributed by atoms with Crippen molar-refractivity contribution >= 4 is 11.4 Å². The van der Waals surface area contributed by atoms with Crippen LogP contribution in [0.3, 0.4) is 0 Å². The van der Waals surface area contributed by atoms with E-state index in [-0.39, 0.29) is 0 Å². The average molecular weight is 268 g/mol. The van der Waals surface area contributed by atoms with Crippen LogP contribution in [0.5, 0.6) is 11.5 Å². The molecule has 4 nitrogen and oxygen atoms in total. The topological polar surface area (TPSA) is 45.5 Å². The molecule has 0 saturated carbocycles. The van der Waals surface area contributed by atoms with Crippen LogP contribution in [0.25, 0.3) is 0 Å². The predicted molar refractivity (Wildman–Crippen MR) is 78.8 cm³/mol. The minimum Gasteiger partial charge on any atom is -0.497 e. The third kappa shape index (κ3) is 2.67. The maximum absolute atomic E-state index is 9.22. The van der Waals surface area contributed by atoms with E-state index in [1.165, 1.54) is 0 Å². The molecule has 0 aliphatic carbocycles. The SMILES string of the molecule is COc1ccc(N(C)c2cc(OC)ccc2C#N)cc1. The number of methoxy groups -OCH3 is 2. The Bertz CT molecular complexity index is 630. The standard InChI is InChI=1S/C16H16N2O2/c1-18(13-5-8-14(19-2)9-6-13)16-10-15(20-3)7-4-12(16)11-17/h4-10H,1-3H3. The Morgan fingerprint density at radius 2 is 1.55 bits per heavy atom. The number of hydrogen-bond donors (Lipinski definition) is 0. The number of anilines is 2. The van der Waals surface area contributed by atoms with Gasteiger partial charge in [0.2, 0.25) is 0 Å². The summed E-state index contributed by atoms with van der Waals surface area (Å²) in [6, 6.07) is 15.2. The summed E-state index contributed by atoms with van der Waals surface area (Å²) >= 11 is 0. The minimum atomic E-state index is 0.601. The molecule has 0 aromatic heterocycles. The zero-order chi connectivity index (χ0) is 14.5. The molecule has 0 atom stereocenters. The highest BCUT2D eigenvalue weighted by atomic mass is 16.5. The van der Waals surface area contributed by atoms with Gasteiger partial charge in [-0.05, 0) is 36.4 Å². The molecule has 4 heteroatoms. The zero-order valence-corrected chi connectivity index (χ0v) is 11.8. The van der Waals surface area contributed by atoms with Gasteiger partial charge in [0.1, 0.15) is 17.6 Å². The van der Waals surface area contributed by atoms with Crippen LogP contribution in [-0.4, -0.2) is 21.3 Å². The maximum atomic E-state index is 9.22. The van der Waals surface area contributed by atoms with E-state index in [2.05, 4.69) is 6.07 Å². The van der Waals surface area contributed by atoms with Gasteiger partial charge in [-0.2, -0.15) is 5.26 Å². The predicted octanol–water partition coefficient (Wildman–Crippen LogP) is 3.34. The molecule has 2 rings (SSSR count). The van der Waals surface area contributed by atoms with Gasteiger partial charge in [0.05, 0.1) is 25.5 Å². The van der Waals surface area contributed by atoms with Crippen LogP contribution >= 0.6 is 0 Å². The first-order chi connectivity index (χ1) is 9.69. The van der Waals surface area contributed by atoms with E-state index in [9.17, 15) is 5.26 Å². The molecule has 0 aliphatic heterocycles. The van der Waals surface area contributed by atoms with Crippen LogP contribution in [0.1, 0.15) is 5.56 Å². The second kappa shape index (κ2) is 5.98. The summed E-state index contributed by atoms with van der Waals surface area (Å²) in [4.78, 5) is 1.94. The van der Waals surface area contributed by atoms with Crippen molar-refractivity contribution in [1.29, 1.82) is 5.26 Å². The Kier molecular flexibility index (Phi) is 4.11. The molecule has 0 unspecified atom stereocenters. The summed E-state index contributed by atoms with van der Waals surface area (Å²) < 4.78 is 10.4. The van der Waals surface area contributed by atoms with E-state index in [0.29, 0.717) is 5.56 Å². The maximum Gasteiger partial charge on any atom is 0.121 e. The normalized spacial score (nSPS) is 9.70. The fourth-order valence-electron chi connectivity index (χ4n) is 1.96. The Labute approximate surface area is 118 Å². The zero-order valence-electron chi connectivity index (χ0n) is 11.8. The van der Waals surface area contributed by atoms with Gasteiger partial charge < -0.3 is 14.4 Å². The van der Waals surface area contributed by atoms with Crippen molar-refractivity contribution < 1.29 is 9.47 Å². The number of nitrogens with zero attached hydrogens (tertiary/aromatic N) is 2. The lowest BCUT2D eigenvalue weighted by Crippen LogP contribution is -2.11. The highest BCUT2D eigenvalue weighted by Gasteiger charge is 2.11. The molecule has 2 aromatic rings. The van der Waals surface area contributed by atoms with E-state index in [0.717, 1.165) is 22.9 Å². The van der Waals surface area contributed by atoms with Crippen molar-refractivity contribution in [1.82, 2.24) is 0 Å². The molecule has 20 heavy (non-hydrogen) atoms. The quantitative estimate of drug-likeness (QED) is 0.853. The van der Waals surface area contributed by atoms with Crippen molar-refractivity contribution in [2.45, 2.75) is 0 Å². The minimum absolute atomic E-state index is 0.601. The molecular formula is C16H16N2O2. The molecule has 0 saturated heterocycles. The Morgan fingerprint density at radius 3 is 2.10 bits per heavy atom. The Morgan fingerprint density at radius 1 is 0.950 bits per heavy atom. The fourth-order valence-corrected chi connectivity index (χ4v) is 1.96. The molecule has 0 spiro atoms. The first-order valence-corrected chi connectivity index (χ1v) is 6.15. The van der Waals surface area contributed by atoms with Gasteiger partial charge in [0, 0.05) is 18.8 Å². The van der Waals surface area contributed by atoms with Crippen molar-refractivity contribution in [3.05, 3.63) is 48.0 Å². The molecular weight excluding hydrogens is 252 g/mol. The van der Waals surface area contributed by atoms with Crippen molar-refractivity contribution in [2.24, 2.45) is 0 Å². The molecule has 0 bridgehead atoms.